The third kappa shape index (κ3) is 2.82. The van der Waals surface area contributed by atoms with Crippen molar-refractivity contribution in [1.82, 2.24) is 5.32 Å². The van der Waals surface area contributed by atoms with Gasteiger partial charge in [0, 0.05) is 13.1 Å². The van der Waals surface area contributed by atoms with Gasteiger partial charge in [-0.3, -0.25) is 0 Å². The van der Waals surface area contributed by atoms with Crippen LogP contribution in [0.5, 0.6) is 0 Å². The summed E-state index contributed by atoms with van der Waals surface area (Å²) in [5, 5.41) is 3.53. The van der Waals surface area contributed by atoms with Crippen LogP contribution in [0.15, 0.2) is 0 Å². The molecule has 1 heterocycles. The van der Waals surface area contributed by atoms with Crippen LogP contribution in [-0.4, -0.2) is 13.1 Å². The molecule has 1 N–H and O–H groups in total. The average molecular weight is 155 g/mol. The van der Waals surface area contributed by atoms with E-state index in [0.717, 1.165) is 0 Å². The zero-order valence-corrected chi connectivity index (χ0v) is 8.33. The molecule has 11 heavy (non-hydrogen) atoms. The molecule has 66 valence electrons. The molecule has 0 aliphatic carbocycles. The van der Waals surface area contributed by atoms with Crippen LogP contribution in [0.3, 0.4) is 0 Å². The molecule has 0 aromatic rings. The normalized spacial score (nSPS) is 29.5. The Balaban J connectivity index is 2.53. The molecular weight excluding hydrogens is 134 g/mol. The summed E-state index contributed by atoms with van der Waals surface area (Å²) in [5.74, 6) is 0. The van der Waals surface area contributed by atoms with Gasteiger partial charge in [-0.2, -0.15) is 0 Å². The summed E-state index contributed by atoms with van der Waals surface area (Å²) in [6.07, 6.45) is 2.71. The molecule has 0 radical (unpaired) electrons. The second kappa shape index (κ2) is 2.78. The predicted octanol–water partition coefficient (Wildman–Crippen LogP) is 2.42. The largest absolute Gasteiger partial charge is 0.316 e. The van der Waals surface area contributed by atoms with Crippen LogP contribution < -0.4 is 5.32 Å². The highest BCUT2D eigenvalue weighted by atomic mass is 14.9. The van der Waals surface area contributed by atoms with Crippen molar-refractivity contribution >= 4 is 0 Å². The maximum absolute atomic E-state index is 3.53. The summed E-state index contributed by atoms with van der Waals surface area (Å²) in [6, 6.07) is 0. The third-order valence-electron chi connectivity index (χ3n) is 2.69. The molecule has 0 aromatic carbocycles. The van der Waals surface area contributed by atoms with E-state index in [1.807, 2.05) is 0 Å². The van der Waals surface area contributed by atoms with Gasteiger partial charge in [0.15, 0.2) is 0 Å². The zero-order chi connectivity index (χ0) is 8.54. The van der Waals surface area contributed by atoms with Crippen molar-refractivity contribution in [2.45, 2.75) is 40.5 Å². The number of hydrogen-bond donors (Lipinski definition) is 1. The number of rotatable bonds is 0. The molecule has 0 unspecified atom stereocenters. The minimum absolute atomic E-state index is 0.508. The van der Waals surface area contributed by atoms with Crippen LogP contribution in [0.4, 0.5) is 0 Å². The van der Waals surface area contributed by atoms with Crippen molar-refractivity contribution in [1.29, 1.82) is 0 Å². The number of hydrogen-bond acceptors (Lipinski definition) is 1. The van der Waals surface area contributed by atoms with E-state index in [-0.39, 0.29) is 0 Å². The van der Waals surface area contributed by atoms with Gasteiger partial charge in [0.1, 0.15) is 0 Å². The Kier molecular flexibility index (Phi) is 2.29. The molecule has 0 saturated carbocycles. The smallest absolute Gasteiger partial charge is 0.000275 e. The predicted molar refractivity (Wildman–Crippen MR) is 49.7 cm³/mol. The van der Waals surface area contributed by atoms with Crippen molar-refractivity contribution in [3.8, 4) is 0 Å². The van der Waals surface area contributed by atoms with Gasteiger partial charge in [-0.25, -0.2) is 0 Å². The van der Waals surface area contributed by atoms with E-state index in [1.165, 1.54) is 25.9 Å². The second-order valence-corrected chi connectivity index (χ2v) is 5.43. The Hall–Kier alpha value is -0.0400. The highest BCUT2D eigenvalue weighted by Crippen LogP contribution is 2.32. The molecule has 1 aliphatic heterocycles. The molecule has 0 bridgehead atoms. The molecule has 0 spiro atoms. The van der Waals surface area contributed by atoms with Crippen LogP contribution in [0.1, 0.15) is 40.5 Å². The van der Waals surface area contributed by atoms with Gasteiger partial charge in [-0.05, 0) is 23.7 Å². The Labute approximate surface area is 70.6 Å². The first-order valence-electron chi connectivity index (χ1n) is 4.62. The Morgan fingerprint density at radius 3 is 1.55 bits per heavy atom. The maximum atomic E-state index is 3.53. The van der Waals surface area contributed by atoms with E-state index in [2.05, 4.69) is 33.0 Å². The van der Waals surface area contributed by atoms with Crippen molar-refractivity contribution in [3.63, 3.8) is 0 Å². The molecule has 1 nitrogen and oxygen atoms in total. The monoisotopic (exact) mass is 155 g/mol. The van der Waals surface area contributed by atoms with E-state index >= 15 is 0 Å². The fourth-order valence-electron chi connectivity index (χ4n) is 1.59. The minimum atomic E-state index is 0.508. The average Bonchev–Trinajstić information content (AvgIpc) is 1.92. The highest BCUT2D eigenvalue weighted by molar-refractivity contribution is 4.83. The van der Waals surface area contributed by atoms with Gasteiger partial charge in [0.2, 0.25) is 0 Å². The van der Waals surface area contributed by atoms with Crippen LogP contribution in [0, 0.1) is 10.8 Å². The fourth-order valence-corrected chi connectivity index (χ4v) is 1.59. The molecule has 0 amide bonds. The minimum Gasteiger partial charge on any atom is -0.316 e. The summed E-state index contributed by atoms with van der Waals surface area (Å²) >= 11 is 0. The molecule has 0 aromatic heterocycles. The molecule has 1 saturated heterocycles. The van der Waals surface area contributed by atoms with Crippen molar-refractivity contribution in [2.24, 2.45) is 10.8 Å². The standard InChI is InChI=1S/C10H21N/c1-9(2)5-6-10(3,4)8-11-7-9/h11H,5-8H2,1-4H3. The van der Waals surface area contributed by atoms with Gasteiger partial charge in [0.05, 0.1) is 0 Å². The first-order chi connectivity index (χ1) is 4.91. The molecule has 1 heteroatoms. The fraction of sp³-hybridized carbons (Fsp3) is 1.00. The zero-order valence-electron chi connectivity index (χ0n) is 8.33. The first-order valence-corrected chi connectivity index (χ1v) is 4.62. The van der Waals surface area contributed by atoms with Crippen LogP contribution in [0.25, 0.3) is 0 Å². The third-order valence-corrected chi connectivity index (χ3v) is 2.69. The summed E-state index contributed by atoms with van der Waals surface area (Å²) in [6.45, 7) is 11.7. The van der Waals surface area contributed by atoms with Crippen molar-refractivity contribution in [2.75, 3.05) is 13.1 Å². The Morgan fingerprint density at radius 1 is 0.818 bits per heavy atom. The van der Waals surface area contributed by atoms with Gasteiger partial charge < -0.3 is 5.32 Å². The topological polar surface area (TPSA) is 12.0 Å². The molecule has 1 fully saturated rings. The molecule has 1 aliphatic rings. The van der Waals surface area contributed by atoms with E-state index < -0.39 is 0 Å². The van der Waals surface area contributed by atoms with Crippen LogP contribution >= 0.6 is 0 Å². The summed E-state index contributed by atoms with van der Waals surface area (Å²) in [7, 11) is 0. The lowest BCUT2D eigenvalue weighted by atomic mass is 9.81. The van der Waals surface area contributed by atoms with Gasteiger partial charge in [-0.1, -0.05) is 27.7 Å². The van der Waals surface area contributed by atoms with Gasteiger partial charge >= 0.3 is 0 Å². The lowest BCUT2D eigenvalue weighted by Gasteiger charge is -2.23. The molecule has 0 atom stereocenters. The van der Waals surface area contributed by atoms with Crippen molar-refractivity contribution < 1.29 is 0 Å². The number of nitrogens with one attached hydrogen (secondary N) is 1. The maximum Gasteiger partial charge on any atom is 0.000275 e. The Bertz CT molecular complexity index is 120. The lowest BCUT2D eigenvalue weighted by Crippen LogP contribution is -2.30. The lowest BCUT2D eigenvalue weighted by molar-refractivity contribution is 0.295. The summed E-state index contributed by atoms with van der Waals surface area (Å²) in [5.41, 5.74) is 1.02. The summed E-state index contributed by atoms with van der Waals surface area (Å²) < 4.78 is 0. The van der Waals surface area contributed by atoms with Gasteiger partial charge in [-0.15, -0.1) is 0 Å². The quantitative estimate of drug-likeness (QED) is 0.566. The first kappa shape index (κ1) is 9.05. The summed E-state index contributed by atoms with van der Waals surface area (Å²) in [4.78, 5) is 0. The SMILES string of the molecule is CC1(C)CCC(C)(C)CNC1. The highest BCUT2D eigenvalue weighted by Gasteiger charge is 2.27. The Morgan fingerprint density at radius 2 is 1.18 bits per heavy atom. The molecular formula is C10H21N. The van der Waals surface area contributed by atoms with Crippen molar-refractivity contribution in [3.05, 3.63) is 0 Å². The molecule has 1 rings (SSSR count). The van der Waals surface area contributed by atoms with E-state index in [9.17, 15) is 0 Å². The second-order valence-electron chi connectivity index (χ2n) is 5.43. The van der Waals surface area contributed by atoms with Gasteiger partial charge in [0.25, 0.3) is 0 Å². The van der Waals surface area contributed by atoms with Crippen LogP contribution in [-0.2, 0) is 0 Å². The van der Waals surface area contributed by atoms with E-state index in [4.69, 9.17) is 0 Å². The van der Waals surface area contributed by atoms with E-state index in [0.29, 0.717) is 10.8 Å². The van der Waals surface area contributed by atoms with Crippen LogP contribution in [0.2, 0.25) is 0 Å². The van der Waals surface area contributed by atoms with E-state index in [1.54, 1.807) is 0 Å².